The molecule has 0 spiro atoms. The van der Waals surface area contributed by atoms with Crippen molar-refractivity contribution in [2.75, 3.05) is 0 Å². The molecule has 7 nitrogen and oxygen atoms in total. The molecule has 0 aliphatic carbocycles. The second-order valence-corrected chi connectivity index (χ2v) is 20.5. The van der Waals surface area contributed by atoms with E-state index in [1.54, 1.807) is 27.5 Å². The van der Waals surface area contributed by atoms with Crippen molar-refractivity contribution >= 4 is 104 Å². The minimum atomic E-state index is -0.589. The smallest absolute Gasteiger partial charge is 0.266 e. The Kier molecular flexibility index (Phi) is 10.9. The molecule has 0 saturated heterocycles. The topological polar surface area (TPSA) is 62.0 Å². The summed E-state index contributed by atoms with van der Waals surface area (Å²) in [7, 11) is 0. The number of hydrogen-bond donors (Lipinski definition) is 0. The average molecular weight is 1010 g/mol. The van der Waals surface area contributed by atoms with Crippen LogP contribution in [0.2, 0.25) is 0 Å². The van der Waals surface area contributed by atoms with E-state index in [4.69, 9.17) is 9.97 Å². The lowest BCUT2D eigenvalue weighted by atomic mass is 9.76. The highest BCUT2D eigenvalue weighted by atomic mass is 32.2. The lowest BCUT2D eigenvalue weighted by Crippen LogP contribution is -2.40. The average Bonchev–Trinajstić information content (AvgIpc) is 4.23. The van der Waals surface area contributed by atoms with Gasteiger partial charge in [0.25, 0.3) is 5.56 Å². The molecule has 15 aromatic rings. The molecule has 0 atom stereocenters. The SMILES string of the molecule is C.C.O=c1c2ccc(-n3c4ccccc4c4ccccc43)cc2sc2nc3ccccc3n12.c1ccc(C2(c3ccccc3)c3ccc(-n4c5ccccc5c5ccccc54)cc3Sc3nc4ccccc4n32)cc1. The number of benzene rings is 10. The summed E-state index contributed by atoms with van der Waals surface area (Å²) in [6, 6.07) is 85.5. The summed E-state index contributed by atoms with van der Waals surface area (Å²) in [4.78, 5) is 25.1. The van der Waals surface area contributed by atoms with Gasteiger partial charge in [0.1, 0.15) is 5.54 Å². The molecule has 0 amide bonds. The van der Waals surface area contributed by atoms with Gasteiger partial charge in [0.15, 0.2) is 10.1 Å². The van der Waals surface area contributed by atoms with Crippen LogP contribution in [0.5, 0.6) is 0 Å². The maximum atomic E-state index is 13.3. The summed E-state index contributed by atoms with van der Waals surface area (Å²) in [5.41, 5.74) is 13.8. The van der Waals surface area contributed by atoms with Crippen molar-refractivity contribution in [1.29, 1.82) is 0 Å². The van der Waals surface area contributed by atoms with E-state index in [1.165, 1.54) is 54.2 Å². The Morgan fingerprint density at radius 3 is 1.39 bits per heavy atom. The van der Waals surface area contributed by atoms with Crippen LogP contribution in [0, 0.1) is 0 Å². The summed E-state index contributed by atoms with van der Waals surface area (Å²) in [6.07, 6.45) is 0. The van der Waals surface area contributed by atoms with Crippen LogP contribution >= 0.6 is 23.1 Å². The molecule has 0 bridgehead atoms. The first-order chi connectivity index (χ1) is 36.1. The minimum absolute atomic E-state index is 0. The van der Waals surface area contributed by atoms with Gasteiger partial charge in [0.2, 0.25) is 0 Å². The van der Waals surface area contributed by atoms with Gasteiger partial charge in [-0.3, -0.25) is 9.36 Å². The van der Waals surface area contributed by atoms with Crippen LogP contribution in [-0.2, 0) is 5.54 Å². The zero-order chi connectivity index (χ0) is 48.2. The molecule has 0 unspecified atom stereocenters. The van der Waals surface area contributed by atoms with E-state index in [0.29, 0.717) is 5.39 Å². The number of rotatable bonds is 4. The number of fused-ring (bicyclic) bond motifs is 14. The summed E-state index contributed by atoms with van der Waals surface area (Å²) in [6.45, 7) is 0. The molecule has 5 aromatic heterocycles. The van der Waals surface area contributed by atoms with Gasteiger partial charge in [-0.2, -0.15) is 0 Å². The molecule has 1 aliphatic rings. The number of imidazole rings is 2. The van der Waals surface area contributed by atoms with E-state index in [1.807, 2.05) is 36.4 Å². The van der Waals surface area contributed by atoms with Crippen molar-refractivity contribution in [1.82, 2.24) is 28.1 Å². The van der Waals surface area contributed by atoms with E-state index < -0.39 is 5.54 Å². The molecule has 9 heteroatoms. The first-order valence-electron chi connectivity index (χ1n) is 24.4. The van der Waals surface area contributed by atoms with Crippen molar-refractivity contribution in [3.05, 3.63) is 270 Å². The van der Waals surface area contributed by atoms with Gasteiger partial charge in [-0.15, -0.1) is 0 Å². The largest absolute Gasteiger partial charge is 0.309 e. The highest BCUT2D eigenvalue weighted by Crippen LogP contribution is 2.53. The standard InChI is InChI=1S/C38H25N3S.C26H15N3OS.2CH4/c1-3-13-26(14-4-1)38(27-15-5-2-6-16-27)31-24-23-28(25-36(31)42-37-39-32-19-9-12-22-35(32)41(37)38)40-33-20-10-7-17-29(33)30-18-8-11-21-34(30)40;30-25-19-14-13-16(15-24(19)31-26-27-20-9-3-6-12-23(20)29(25)26)28-21-10-4-1-7-17(21)18-8-2-5-11-22(18)28;;/h1-25H;1-15H;2*1H4. The van der Waals surface area contributed by atoms with E-state index >= 15 is 0 Å². The molecule has 6 heterocycles. The summed E-state index contributed by atoms with van der Waals surface area (Å²) >= 11 is 3.31. The van der Waals surface area contributed by atoms with Crippen LogP contribution in [-0.4, -0.2) is 28.1 Å². The van der Waals surface area contributed by atoms with E-state index in [0.717, 1.165) is 59.3 Å². The Hall–Kier alpha value is -9.02. The molecule has 16 rings (SSSR count). The van der Waals surface area contributed by atoms with Crippen molar-refractivity contribution in [2.24, 2.45) is 0 Å². The fraction of sp³-hybridized carbons (Fsp3) is 0.0455. The molecule has 0 radical (unpaired) electrons. The Balaban J connectivity index is 0.000000146. The predicted molar refractivity (Wildman–Crippen MR) is 315 cm³/mol. The molecule has 360 valence electrons. The van der Waals surface area contributed by atoms with Gasteiger partial charge in [0.05, 0.1) is 49.5 Å². The van der Waals surface area contributed by atoms with Crippen LogP contribution in [0.4, 0.5) is 0 Å². The van der Waals surface area contributed by atoms with Crippen molar-refractivity contribution in [3.8, 4) is 11.4 Å². The molecule has 1 aliphatic heterocycles. The lowest BCUT2D eigenvalue weighted by Gasteiger charge is -2.42. The monoisotopic (exact) mass is 1000 g/mol. The van der Waals surface area contributed by atoms with Crippen molar-refractivity contribution in [2.45, 2.75) is 30.4 Å². The van der Waals surface area contributed by atoms with E-state index in [9.17, 15) is 4.79 Å². The number of aromatic nitrogens is 6. The molecular formula is C66H48N6OS2. The summed E-state index contributed by atoms with van der Waals surface area (Å²) < 4.78 is 9.79. The molecule has 0 fully saturated rings. The first-order valence-corrected chi connectivity index (χ1v) is 26.0. The number of nitrogens with zero attached hydrogens (tertiary/aromatic N) is 6. The maximum absolute atomic E-state index is 13.3. The number of para-hydroxylation sites is 8. The Labute approximate surface area is 440 Å². The third-order valence-corrected chi connectivity index (χ3v) is 16.6. The third-order valence-electron chi connectivity index (χ3n) is 14.6. The normalized spacial score (nSPS) is 12.7. The molecule has 75 heavy (non-hydrogen) atoms. The molecule has 10 aromatic carbocycles. The summed E-state index contributed by atoms with van der Waals surface area (Å²) in [5, 5.41) is 6.69. The quantitative estimate of drug-likeness (QED) is 0.176. The zero-order valence-electron chi connectivity index (χ0n) is 39.0. The van der Waals surface area contributed by atoms with Crippen LogP contribution in [0.15, 0.2) is 258 Å². The molecular weight excluding hydrogens is 957 g/mol. The Morgan fingerprint density at radius 1 is 0.400 bits per heavy atom. The van der Waals surface area contributed by atoms with Gasteiger partial charge in [-0.25, -0.2) is 14.4 Å². The van der Waals surface area contributed by atoms with Crippen LogP contribution in [0.1, 0.15) is 31.5 Å². The van der Waals surface area contributed by atoms with Crippen LogP contribution in [0.3, 0.4) is 0 Å². The highest BCUT2D eigenvalue weighted by Gasteiger charge is 2.46. The van der Waals surface area contributed by atoms with Crippen LogP contribution < -0.4 is 5.56 Å². The first kappa shape index (κ1) is 45.8. The van der Waals surface area contributed by atoms with Gasteiger partial charge in [-0.05, 0) is 90.0 Å². The fourth-order valence-corrected chi connectivity index (χ4v) is 13.8. The van der Waals surface area contributed by atoms with Crippen molar-refractivity contribution < 1.29 is 0 Å². The lowest BCUT2D eigenvalue weighted by molar-refractivity contribution is 0.473. The second kappa shape index (κ2) is 17.9. The fourth-order valence-electron chi connectivity index (χ4n) is 11.5. The second-order valence-electron chi connectivity index (χ2n) is 18.5. The zero-order valence-corrected chi connectivity index (χ0v) is 40.6. The predicted octanol–water partition coefficient (Wildman–Crippen LogP) is 16.9. The van der Waals surface area contributed by atoms with Crippen molar-refractivity contribution in [3.63, 3.8) is 0 Å². The molecule has 0 saturated carbocycles. The van der Waals surface area contributed by atoms with Gasteiger partial charge >= 0.3 is 0 Å². The Morgan fingerprint density at radius 2 is 0.840 bits per heavy atom. The van der Waals surface area contributed by atoms with E-state index in [2.05, 4.69) is 220 Å². The van der Waals surface area contributed by atoms with Crippen LogP contribution in [0.25, 0.3) is 92.1 Å². The summed E-state index contributed by atoms with van der Waals surface area (Å²) in [5.74, 6) is 0. The third kappa shape index (κ3) is 6.78. The molecule has 0 N–H and O–H groups in total. The van der Waals surface area contributed by atoms with Gasteiger partial charge < -0.3 is 9.13 Å². The van der Waals surface area contributed by atoms with E-state index in [-0.39, 0.29) is 20.4 Å². The van der Waals surface area contributed by atoms with Gasteiger partial charge in [-0.1, -0.05) is 202 Å². The maximum Gasteiger partial charge on any atom is 0.266 e. The van der Waals surface area contributed by atoms with Gasteiger partial charge in [0, 0.05) is 48.1 Å². The highest BCUT2D eigenvalue weighted by molar-refractivity contribution is 7.99. The Bertz CT molecular complexity index is 4610. The number of hydrogen-bond acceptors (Lipinski definition) is 5. The minimum Gasteiger partial charge on any atom is -0.309 e.